The van der Waals surface area contributed by atoms with E-state index in [1.54, 1.807) is 6.92 Å². The van der Waals surface area contributed by atoms with E-state index in [1.807, 2.05) is 12.2 Å². The zero-order valence-corrected chi connectivity index (χ0v) is 12.3. The Morgan fingerprint density at radius 1 is 1.47 bits per heavy atom. The SMILES string of the molecule is CCN(CCCNC(=O)C1C=CC(N)C1)S(C)(=O)=O. The number of nitrogens with one attached hydrogen (secondary N) is 1. The van der Waals surface area contributed by atoms with Crippen LogP contribution in [0.1, 0.15) is 19.8 Å². The Labute approximate surface area is 115 Å². The lowest BCUT2D eigenvalue weighted by Gasteiger charge is -2.18. The van der Waals surface area contributed by atoms with Gasteiger partial charge in [-0.25, -0.2) is 12.7 Å². The molecule has 0 saturated carbocycles. The van der Waals surface area contributed by atoms with Gasteiger partial charge in [-0.15, -0.1) is 0 Å². The van der Waals surface area contributed by atoms with Crippen LogP contribution in [0.5, 0.6) is 0 Å². The molecule has 0 heterocycles. The summed E-state index contributed by atoms with van der Waals surface area (Å²) in [5, 5.41) is 2.81. The van der Waals surface area contributed by atoms with E-state index in [0.29, 0.717) is 32.5 Å². The monoisotopic (exact) mass is 289 g/mol. The Morgan fingerprint density at radius 3 is 2.63 bits per heavy atom. The van der Waals surface area contributed by atoms with Crippen LogP contribution in [-0.2, 0) is 14.8 Å². The van der Waals surface area contributed by atoms with Gasteiger partial charge in [-0.1, -0.05) is 19.1 Å². The second-order valence-corrected chi connectivity index (χ2v) is 6.77. The minimum atomic E-state index is -3.15. The first kappa shape index (κ1) is 16.1. The highest BCUT2D eigenvalue weighted by Crippen LogP contribution is 2.16. The first-order valence-corrected chi connectivity index (χ1v) is 8.36. The van der Waals surface area contributed by atoms with E-state index >= 15 is 0 Å². The van der Waals surface area contributed by atoms with Crippen LogP contribution in [0.25, 0.3) is 0 Å². The molecule has 1 rings (SSSR count). The molecule has 2 atom stereocenters. The van der Waals surface area contributed by atoms with Gasteiger partial charge in [0, 0.05) is 25.7 Å². The number of carbonyl (C=O) groups is 1. The van der Waals surface area contributed by atoms with Crippen molar-refractivity contribution in [2.45, 2.75) is 25.8 Å². The van der Waals surface area contributed by atoms with Crippen molar-refractivity contribution in [3.63, 3.8) is 0 Å². The topological polar surface area (TPSA) is 92.5 Å². The first-order valence-electron chi connectivity index (χ1n) is 6.51. The summed E-state index contributed by atoms with van der Waals surface area (Å²) in [4.78, 5) is 11.8. The van der Waals surface area contributed by atoms with Crippen LogP contribution in [0, 0.1) is 5.92 Å². The standard InChI is InChI=1S/C12H23N3O3S/c1-3-15(19(2,17)18)8-4-7-14-12(16)10-5-6-11(13)9-10/h5-6,10-11H,3-4,7-9,13H2,1-2H3,(H,14,16). The van der Waals surface area contributed by atoms with Crippen molar-refractivity contribution in [3.8, 4) is 0 Å². The fourth-order valence-electron chi connectivity index (χ4n) is 2.08. The highest BCUT2D eigenvalue weighted by Gasteiger charge is 2.22. The van der Waals surface area contributed by atoms with Crippen molar-refractivity contribution in [3.05, 3.63) is 12.2 Å². The van der Waals surface area contributed by atoms with Crippen LogP contribution in [0.3, 0.4) is 0 Å². The van der Waals surface area contributed by atoms with E-state index in [0.717, 1.165) is 0 Å². The number of sulfonamides is 1. The third-order valence-corrected chi connectivity index (χ3v) is 4.54. The Balaban J connectivity index is 2.24. The summed E-state index contributed by atoms with van der Waals surface area (Å²) < 4.78 is 24.1. The van der Waals surface area contributed by atoms with Gasteiger partial charge in [0.25, 0.3) is 0 Å². The Kier molecular flexibility index (Phi) is 5.96. The first-order chi connectivity index (χ1) is 8.84. The van der Waals surface area contributed by atoms with E-state index in [-0.39, 0.29) is 17.9 Å². The highest BCUT2D eigenvalue weighted by molar-refractivity contribution is 7.88. The van der Waals surface area contributed by atoms with Gasteiger partial charge < -0.3 is 11.1 Å². The van der Waals surface area contributed by atoms with E-state index in [2.05, 4.69) is 5.32 Å². The fraction of sp³-hybridized carbons (Fsp3) is 0.750. The molecule has 0 bridgehead atoms. The minimum absolute atomic E-state index is 0.0310. The molecule has 0 radical (unpaired) electrons. The van der Waals surface area contributed by atoms with Gasteiger partial charge in [0.1, 0.15) is 0 Å². The summed E-state index contributed by atoms with van der Waals surface area (Å²) in [6.07, 6.45) is 6.12. The molecular formula is C12H23N3O3S. The fourth-order valence-corrected chi connectivity index (χ4v) is 3.01. The molecule has 6 nitrogen and oxygen atoms in total. The summed E-state index contributed by atoms with van der Waals surface area (Å²) in [5.74, 6) is -0.182. The van der Waals surface area contributed by atoms with Gasteiger partial charge in [-0.05, 0) is 12.8 Å². The van der Waals surface area contributed by atoms with Gasteiger partial charge in [0.15, 0.2) is 0 Å². The van der Waals surface area contributed by atoms with Crippen LogP contribution in [0.4, 0.5) is 0 Å². The molecule has 2 unspecified atom stereocenters. The third kappa shape index (κ3) is 5.30. The molecule has 19 heavy (non-hydrogen) atoms. The summed E-state index contributed by atoms with van der Waals surface area (Å²) in [6.45, 7) is 3.15. The molecule has 110 valence electrons. The molecule has 0 aliphatic heterocycles. The smallest absolute Gasteiger partial charge is 0.226 e. The molecular weight excluding hydrogens is 266 g/mol. The molecule has 0 aromatic carbocycles. The molecule has 1 amide bonds. The molecule has 0 saturated heterocycles. The Hall–Kier alpha value is -0.920. The van der Waals surface area contributed by atoms with Gasteiger partial charge in [0.2, 0.25) is 15.9 Å². The zero-order chi connectivity index (χ0) is 14.5. The number of nitrogens with zero attached hydrogens (tertiary/aromatic N) is 1. The zero-order valence-electron chi connectivity index (χ0n) is 11.5. The maximum Gasteiger partial charge on any atom is 0.226 e. The number of nitrogens with two attached hydrogens (primary N) is 1. The Bertz CT molecular complexity index is 434. The van der Waals surface area contributed by atoms with Crippen LogP contribution in [-0.4, -0.2) is 50.6 Å². The van der Waals surface area contributed by atoms with E-state index in [9.17, 15) is 13.2 Å². The van der Waals surface area contributed by atoms with Gasteiger partial charge >= 0.3 is 0 Å². The summed E-state index contributed by atoms with van der Waals surface area (Å²) in [6, 6.07) is -0.0310. The molecule has 0 spiro atoms. The largest absolute Gasteiger partial charge is 0.356 e. The van der Waals surface area contributed by atoms with Crippen LogP contribution in [0.15, 0.2) is 12.2 Å². The quantitative estimate of drug-likeness (QED) is 0.496. The van der Waals surface area contributed by atoms with Gasteiger partial charge in [-0.2, -0.15) is 0 Å². The molecule has 7 heteroatoms. The van der Waals surface area contributed by atoms with Crippen molar-refractivity contribution >= 4 is 15.9 Å². The number of hydrogen-bond acceptors (Lipinski definition) is 4. The third-order valence-electron chi connectivity index (χ3n) is 3.16. The molecule has 3 N–H and O–H groups in total. The summed E-state index contributed by atoms with van der Waals surface area (Å²) in [5.41, 5.74) is 5.68. The number of amides is 1. The maximum atomic E-state index is 11.8. The molecule has 1 aliphatic carbocycles. The summed E-state index contributed by atoms with van der Waals surface area (Å²) in [7, 11) is -3.15. The molecule has 0 aromatic rings. The maximum absolute atomic E-state index is 11.8. The molecule has 0 aromatic heterocycles. The average Bonchev–Trinajstić information content (AvgIpc) is 2.74. The lowest BCUT2D eigenvalue weighted by Crippen LogP contribution is -2.35. The van der Waals surface area contributed by atoms with Crippen LogP contribution in [0.2, 0.25) is 0 Å². The van der Waals surface area contributed by atoms with Crippen molar-refractivity contribution in [2.75, 3.05) is 25.9 Å². The van der Waals surface area contributed by atoms with E-state index < -0.39 is 10.0 Å². The second kappa shape index (κ2) is 7.02. The normalized spacial score (nSPS) is 22.9. The van der Waals surface area contributed by atoms with Gasteiger partial charge in [-0.3, -0.25) is 4.79 Å². The number of hydrogen-bond donors (Lipinski definition) is 2. The number of carbonyl (C=O) groups excluding carboxylic acids is 1. The van der Waals surface area contributed by atoms with Gasteiger partial charge in [0.05, 0.1) is 12.2 Å². The lowest BCUT2D eigenvalue weighted by atomic mass is 10.1. The van der Waals surface area contributed by atoms with Crippen molar-refractivity contribution < 1.29 is 13.2 Å². The van der Waals surface area contributed by atoms with Crippen LogP contribution >= 0.6 is 0 Å². The Morgan fingerprint density at radius 2 is 2.16 bits per heavy atom. The highest BCUT2D eigenvalue weighted by atomic mass is 32.2. The van der Waals surface area contributed by atoms with Crippen molar-refractivity contribution in [1.82, 2.24) is 9.62 Å². The van der Waals surface area contributed by atoms with Crippen LogP contribution < -0.4 is 11.1 Å². The predicted octanol–water partition coefficient (Wildman–Crippen LogP) is -0.322. The second-order valence-electron chi connectivity index (χ2n) is 4.79. The molecule has 1 aliphatic rings. The van der Waals surface area contributed by atoms with E-state index in [1.165, 1.54) is 10.6 Å². The predicted molar refractivity (Wildman–Crippen MR) is 74.9 cm³/mol. The molecule has 0 fully saturated rings. The number of rotatable bonds is 7. The van der Waals surface area contributed by atoms with Crippen molar-refractivity contribution in [1.29, 1.82) is 0 Å². The summed E-state index contributed by atoms with van der Waals surface area (Å²) >= 11 is 0. The minimum Gasteiger partial charge on any atom is -0.356 e. The van der Waals surface area contributed by atoms with E-state index in [4.69, 9.17) is 5.73 Å². The average molecular weight is 289 g/mol. The lowest BCUT2D eigenvalue weighted by molar-refractivity contribution is -0.123. The van der Waals surface area contributed by atoms with Crippen molar-refractivity contribution in [2.24, 2.45) is 11.7 Å².